The molecule has 92 valence electrons. The minimum Gasteiger partial charge on any atom is -0.396 e. The van der Waals surface area contributed by atoms with Crippen LogP contribution in [0, 0.1) is 23.2 Å². The van der Waals surface area contributed by atoms with Gasteiger partial charge in [0.05, 0.1) is 6.07 Å². The third kappa shape index (κ3) is 3.65. The maximum atomic E-state index is 12.4. The van der Waals surface area contributed by atoms with Gasteiger partial charge in [-0.05, 0) is 25.3 Å². The molecule has 2 unspecified atom stereocenters. The zero-order chi connectivity index (χ0) is 12.2. The molecule has 1 rings (SSSR count). The predicted molar refractivity (Wildman–Crippen MR) is 51.4 cm³/mol. The van der Waals surface area contributed by atoms with Crippen LogP contribution in [0.2, 0.25) is 0 Å². The highest BCUT2D eigenvalue weighted by Crippen LogP contribution is 2.27. The van der Waals surface area contributed by atoms with Crippen LogP contribution in [0.25, 0.3) is 0 Å². The normalized spacial score (nSPS) is 25.1. The number of rotatable bonds is 3. The van der Waals surface area contributed by atoms with Gasteiger partial charge in [-0.3, -0.25) is 0 Å². The van der Waals surface area contributed by atoms with Gasteiger partial charge >= 0.3 is 6.18 Å². The van der Waals surface area contributed by atoms with Gasteiger partial charge in [0, 0.05) is 19.7 Å². The molecule has 1 aliphatic heterocycles. The van der Waals surface area contributed by atoms with E-state index in [1.807, 2.05) is 0 Å². The molecule has 0 bridgehead atoms. The molecule has 3 nitrogen and oxygen atoms in total. The quantitative estimate of drug-likeness (QED) is 0.805. The van der Waals surface area contributed by atoms with Crippen LogP contribution in [-0.4, -0.2) is 42.4 Å². The molecule has 0 aromatic rings. The van der Waals surface area contributed by atoms with Gasteiger partial charge in [-0.1, -0.05) is 0 Å². The lowest BCUT2D eigenvalue weighted by Crippen LogP contribution is -2.42. The maximum Gasteiger partial charge on any atom is 0.405 e. The smallest absolute Gasteiger partial charge is 0.396 e. The first-order valence-corrected chi connectivity index (χ1v) is 5.27. The number of hydrogen-bond donors (Lipinski definition) is 1. The Morgan fingerprint density at radius 2 is 2.19 bits per heavy atom. The first kappa shape index (κ1) is 13.3. The van der Waals surface area contributed by atoms with Gasteiger partial charge in [0.1, 0.15) is 0 Å². The summed E-state index contributed by atoms with van der Waals surface area (Å²) in [7, 11) is 0. The fourth-order valence-corrected chi connectivity index (χ4v) is 1.94. The molecule has 1 saturated heterocycles. The minimum absolute atomic E-state index is 0.000260. The van der Waals surface area contributed by atoms with Crippen LogP contribution in [0.1, 0.15) is 12.8 Å². The van der Waals surface area contributed by atoms with Crippen LogP contribution in [-0.2, 0) is 0 Å². The Morgan fingerprint density at radius 3 is 2.69 bits per heavy atom. The molecule has 0 aromatic heterocycles. The summed E-state index contributed by atoms with van der Waals surface area (Å²) < 4.78 is 37.1. The summed E-state index contributed by atoms with van der Waals surface area (Å²) in [6.45, 7) is 0.742. The molecule has 0 amide bonds. The SMILES string of the molecule is N#CC(CN1CCCC(CO)C1)C(F)(F)F. The number of likely N-dealkylation sites (tertiary alicyclic amines) is 1. The van der Waals surface area contributed by atoms with Crippen LogP contribution in [0.5, 0.6) is 0 Å². The van der Waals surface area contributed by atoms with Gasteiger partial charge < -0.3 is 10.0 Å². The molecule has 6 heteroatoms. The second-order valence-electron chi connectivity index (χ2n) is 4.17. The summed E-state index contributed by atoms with van der Waals surface area (Å²) in [5.41, 5.74) is 0. The molecule has 0 radical (unpaired) electrons. The van der Waals surface area contributed by atoms with Crippen molar-refractivity contribution < 1.29 is 18.3 Å². The van der Waals surface area contributed by atoms with E-state index >= 15 is 0 Å². The summed E-state index contributed by atoms with van der Waals surface area (Å²) in [4.78, 5) is 1.62. The van der Waals surface area contributed by atoms with Crippen LogP contribution < -0.4 is 0 Å². The topological polar surface area (TPSA) is 47.3 Å². The van der Waals surface area contributed by atoms with Crippen LogP contribution >= 0.6 is 0 Å². The van der Waals surface area contributed by atoms with Crippen molar-refractivity contribution in [3.63, 3.8) is 0 Å². The number of hydrogen-bond acceptors (Lipinski definition) is 3. The lowest BCUT2D eigenvalue weighted by Gasteiger charge is -2.33. The highest BCUT2D eigenvalue weighted by atomic mass is 19.4. The zero-order valence-corrected chi connectivity index (χ0v) is 8.87. The fraction of sp³-hybridized carbons (Fsp3) is 0.900. The molecule has 0 aliphatic carbocycles. The standard InChI is InChI=1S/C10H15F3N2O/c11-10(12,13)9(4-14)6-15-3-1-2-8(5-15)7-16/h8-9,16H,1-3,5-7H2. The minimum atomic E-state index is -4.46. The first-order chi connectivity index (χ1) is 7.47. The number of aliphatic hydroxyl groups is 1. The molecule has 1 heterocycles. The third-order valence-electron chi connectivity index (χ3n) is 2.85. The summed E-state index contributed by atoms with van der Waals surface area (Å²) in [5, 5.41) is 17.4. The van der Waals surface area contributed by atoms with E-state index in [0.29, 0.717) is 13.1 Å². The van der Waals surface area contributed by atoms with Gasteiger partial charge in [-0.2, -0.15) is 18.4 Å². The van der Waals surface area contributed by atoms with Crippen molar-refractivity contribution in [2.75, 3.05) is 26.2 Å². The fourth-order valence-electron chi connectivity index (χ4n) is 1.94. The van der Waals surface area contributed by atoms with Crippen molar-refractivity contribution in [3.8, 4) is 6.07 Å². The lowest BCUT2D eigenvalue weighted by atomic mass is 9.98. The van der Waals surface area contributed by atoms with E-state index < -0.39 is 12.1 Å². The Morgan fingerprint density at radius 1 is 1.50 bits per heavy atom. The second-order valence-corrected chi connectivity index (χ2v) is 4.17. The van der Waals surface area contributed by atoms with Crippen molar-refractivity contribution in [2.45, 2.75) is 19.0 Å². The number of aliphatic hydroxyl groups excluding tert-OH is 1. The number of nitrogens with zero attached hydrogens (tertiary/aromatic N) is 2. The molecule has 0 aromatic carbocycles. The molecule has 1 fully saturated rings. The molecule has 0 spiro atoms. The summed E-state index contributed by atoms with van der Waals surface area (Å²) in [6.07, 6.45) is -2.83. The van der Waals surface area contributed by atoms with E-state index in [1.165, 1.54) is 6.07 Å². The Labute approximate surface area is 92.5 Å². The third-order valence-corrected chi connectivity index (χ3v) is 2.85. The van der Waals surface area contributed by atoms with Crippen molar-refractivity contribution in [2.24, 2.45) is 11.8 Å². The van der Waals surface area contributed by atoms with E-state index in [-0.39, 0.29) is 19.1 Å². The highest BCUT2D eigenvalue weighted by Gasteiger charge is 2.41. The molecule has 2 atom stereocenters. The second kappa shape index (κ2) is 5.51. The average Bonchev–Trinajstić information content (AvgIpc) is 2.24. The molecule has 1 aliphatic rings. The number of piperidine rings is 1. The van der Waals surface area contributed by atoms with Crippen molar-refractivity contribution >= 4 is 0 Å². The molecular formula is C10H15F3N2O. The maximum absolute atomic E-state index is 12.4. The molecular weight excluding hydrogens is 221 g/mol. The van der Waals surface area contributed by atoms with Gasteiger partial charge in [0.2, 0.25) is 0 Å². The molecule has 1 N–H and O–H groups in total. The highest BCUT2D eigenvalue weighted by molar-refractivity contribution is 4.91. The zero-order valence-electron chi connectivity index (χ0n) is 8.87. The van der Waals surface area contributed by atoms with Crippen LogP contribution in [0.15, 0.2) is 0 Å². The number of halogens is 3. The van der Waals surface area contributed by atoms with Crippen molar-refractivity contribution in [1.29, 1.82) is 5.26 Å². The Bertz CT molecular complexity index is 262. The predicted octanol–water partition coefficient (Wildman–Crippen LogP) is 1.39. The van der Waals surface area contributed by atoms with Crippen LogP contribution in [0.4, 0.5) is 13.2 Å². The first-order valence-electron chi connectivity index (χ1n) is 5.27. The van der Waals surface area contributed by atoms with Gasteiger partial charge in [-0.25, -0.2) is 0 Å². The van der Waals surface area contributed by atoms with E-state index in [9.17, 15) is 13.2 Å². The van der Waals surface area contributed by atoms with Crippen LogP contribution in [0.3, 0.4) is 0 Å². The summed E-state index contributed by atoms with van der Waals surface area (Å²) in [6, 6.07) is 1.29. The summed E-state index contributed by atoms with van der Waals surface area (Å²) >= 11 is 0. The van der Waals surface area contributed by atoms with E-state index in [1.54, 1.807) is 4.90 Å². The van der Waals surface area contributed by atoms with Gasteiger partial charge in [-0.15, -0.1) is 0 Å². The van der Waals surface area contributed by atoms with E-state index in [0.717, 1.165) is 12.8 Å². The largest absolute Gasteiger partial charge is 0.405 e. The Hall–Kier alpha value is -0.800. The Balaban J connectivity index is 2.50. The van der Waals surface area contributed by atoms with E-state index in [2.05, 4.69) is 0 Å². The lowest BCUT2D eigenvalue weighted by molar-refractivity contribution is -0.164. The van der Waals surface area contributed by atoms with Gasteiger partial charge in [0.25, 0.3) is 0 Å². The van der Waals surface area contributed by atoms with E-state index in [4.69, 9.17) is 10.4 Å². The van der Waals surface area contributed by atoms with Gasteiger partial charge in [0.15, 0.2) is 5.92 Å². The number of nitriles is 1. The Kier molecular flexibility index (Phi) is 4.56. The molecule has 16 heavy (non-hydrogen) atoms. The average molecular weight is 236 g/mol. The van der Waals surface area contributed by atoms with Crippen molar-refractivity contribution in [1.82, 2.24) is 4.90 Å². The monoisotopic (exact) mass is 236 g/mol. The number of alkyl halides is 3. The molecule has 0 saturated carbocycles. The summed E-state index contributed by atoms with van der Waals surface area (Å²) in [5.74, 6) is -1.88. The van der Waals surface area contributed by atoms with Crippen molar-refractivity contribution in [3.05, 3.63) is 0 Å².